The predicted molar refractivity (Wildman–Crippen MR) is 61.6 cm³/mol. The highest BCUT2D eigenvalue weighted by atomic mass is 19.4. The highest BCUT2D eigenvalue weighted by molar-refractivity contribution is 5.73. The van der Waals surface area contributed by atoms with E-state index in [1.807, 2.05) is 4.98 Å². The summed E-state index contributed by atoms with van der Waals surface area (Å²) in [6.45, 7) is 0.956. The Balaban J connectivity index is 2.55. The molecule has 0 aliphatic carbocycles. The molecule has 0 spiro atoms. The SMILES string of the molecule is CC(=O)N1CCc2c([nH]c(C(F)(F)F)c2C(O)C(F)(F)F)C1. The highest BCUT2D eigenvalue weighted by Gasteiger charge is 2.48. The second kappa shape index (κ2) is 5.18. The Morgan fingerprint density at radius 2 is 1.86 bits per heavy atom. The van der Waals surface area contributed by atoms with E-state index in [1.165, 1.54) is 11.8 Å². The fourth-order valence-electron chi connectivity index (χ4n) is 2.50. The minimum absolute atomic E-state index is 0.00490. The number of aliphatic hydroxyl groups excluding tert-OH is 1. The maximum atomic E-state index is 12.9. The molecule has 1 atom stereocenters. The Labute approximate surface area is 120 Å². The van der Waals surface area contributed by atoms with Crippen LogP contribution in [0.4, 0.5) is 26.3 Å². The van der Waals surface area contributed by atoms with E-state index in [4.69, 9.17) is 0 Å². The third-order valence-corrected chi connectivity index (χ3v) is 3.53. The van der Waals surface area contributed by atoms with Crippen LogP contribution in [0.15, 0.2) is 0 Å². The fourth-order valence-corrected chi connectivity index (χ4v) is 2.50. The summed E-state index contributed by atoms with van der Waals surface area (Å²) in [4.78, 5) is 14.4. The number of carbonyl (C=O) groups excluding carboxylic acids is 1. The third kappa shape index (κ3) is 2.92. The van der Waals surface area contributed by atoms with Crippen LogP contribution in [-0.4, -0.2) is 33.6 Å². The predicted octanol–water partition coefficient (Wildman–Crippen LogP) is 2.53. The van der Waals surface area contributed by atoms with Gasteiger partial charge < -0.3 is 15.0 Å². The van der Waals surface area contributed by atoms with Crippen LogP contribution in [-0.2, 0) is 23.9 Å². The van der Waals surface area contributed by atoms with Crippen LogP contribution in [0.3, 0.4) is 0 Å². The standard InChI is InChI=1S/C12H12F6N2O2/c1-5(21)20-3-2-6-7(4-20)19-9(11(13,14)15)8(6)10(22)12(16,17)18/h10,19,22H,2-4H2,1H3. The molecule has 1 unspecified atom stereocenters. The van der Waals surface area contributed by atoms with Crippen molar-refractivity contribution in [1.82, 2.24) is 9.88 Å². The summed E-state index contributed by atoms with van der Waals surface area (Å²) >= 11 is 0. The number of aromatic amines is 1. The summed E-state index contributed by atoms with van der Waals surface area (Å²) < 4.78 is 76.8. The Hall–Kier alpha value is -1.71. The highest BCUT2D eigenvalue weighted by Crippen LogP contribution is 2.43. The Kier molecular flexibility index (Phi) is 3.92. The van der Waals surface area contributed by atoms with Crippen molar-refractivity contribution >= 4 is 5.91 Å². The number of fused-ring (bicyclic) bond motifs is 1. The zero-order chi connectivity index (χ0) is 16.9. The van der Waals surface area contributed by atoms with Crippen molar-refractivity contribution in [2.45, 2.75) is 38.3 Å². The number of halogens is 6. The number of alkyl halides is 6. The van der Waals surface area contributed by atoms with Crippen molar-refractivity contribution in [3.63, 3.8) is 0 Å². The summed E-state index contributed by atoms with van der Waals surface area (Å²) in [5, 5.41) is 9.30. The number of amides is 1. The minimum atomic E-state index is -5.21. The molecule has 4 nitrogen and oxygen atoms in total. The van der Waals surface area contributed by atoms with Gasteiger partial charge in [-0.3, -0.25) is 4.79 Å². The largest absolute Gasteiger partial charge is 0.431 e. The molecule has 2 rings (SSSR count). The van der Waals surface area contributed by atoms with Gasteiger partial charge in [0.25, 0.3) is 0 Å². The lowest BCUT2D eigenvalue weighted by atomic mass is 9.97. The number of nitrogens with one attached hydrogen (secondary N) is 1. The zero-order valence-corrected chi connectivity index (χ0v) is 11.3. The third-order valence-electron chi connectivity index (χ3n) is 3.53. The summed E-state index contributed by atoms with van der Waals surface area (Å²) in [6, 6.07) is 0. The molecule has 0 radical (unpaired) electrons. The van der Waals surface area contributed by atoms with E-state index in [1.54, 1.807) is 0 Å². The number of aromatic nitrogens is 1. The van der Waals surface area contributed by atoms with Gasteiger partial charge in [-0.2, -0.15) is 26.3 Å². The van der Waals surface area contributed by atoms with E-state index in [0.717, 1.165) is 0 Å². The van der Waals surface area contributed by atoms with Crippen LogP contribution in [0.25, 0.3) is 0 Å². The number of carbonyl (C=O) groups is 1. The lowest BCUT2D eigenvalue weighted by molar-refractivity contribution is -0.209. The Morgan fingerprint density at radius 1 is 1.27 bits per heavy atom. The van der Waals surface area contributed by atoms with E-state index in [2.05, 4.69) is 0 Å². The second-order valence-electron chi connectivity index (χ2n) is 5.00. The average Bonchev–Trinajstić information content (AvgIpc) is 2.74. The topological polar surface area (TPSA) is 56.3 Å². The average molecular weight is 330 g/mol. The molecule has 0 aromatic carbocycles. The molecule has 0 fully saturated rings. The van der Waals surface area contributed by atoms with Crippen molar-refractivity contribution in [3.8, 4) is 0 Å². The Morgan fingerprint density at radius 3 is 2.32 bits per heavy atom. The second-order valence-corrected chi connectivity index (χ2v) is 5.00. The molecule has 22 heavy (non-hydrogen) atoms. The number of nitrogens with zero attached hydrogens (tertiary/aromatic N) is 1. The van der Waals surface area contributed by atoms with E-state index >= 15 is 0 Å². The number of aliphatic hydroxyl groups is 1. The van der Waals surface area contributed by atoms with Crippen LogP contribution >= 0.6 is 0 Å². The van der Waals surface area contributed by atoms with Gasteiger partial charge in [0, 0.05) is 24.7 Å². The molecule has 1 aromatic rings. The van der Waals surface area contributed by atoms with Crippen LogP contribution in [0.2, 0.25) is 0 Å². The van der Waals surface area contributed by atoms with Crippen LogP contribution in [0.1, 0.15) is 35.5 Å². The molecule has 1 aromatic heterocycles. The summed E-state index contributed by atoms with van der Waals surface area (Å²) in [5.41, 5.74) is -3.17. The molecular weight excluding hydrogens is 318 g/mol. The molecule has 2 heterocycles. The van der Waals surface area contributed by atoms with Crippen molar-refractivity contribution in [1.29, 1.82) is 0 Å². The Bertz CT molecular complexity index is 590. The zero-order valence-electron chi connectivity index (χ0n) is 11.3. The molecule has 10 heteroatoms. The lowest BCUT2D eigenvalue weighted by Crippen LogP contribution is -2.34. The van der Waals surface area contributed by atoms with Crippen LogP contribution < -0.4 is 0 Å². The molecule has 0 saturated heterocycles. The van der Waals surface area contributed by atoms with E-state index < -0.39 is 35.6 Å². The van der Waals surface area contributed by atoms with Gasteiger partial charge in [0.1, 0.15) is 5.69 Å². The first-order valence-corrected chi connectivity index (χ1v) is 6.24. The normalized spacial score (nSPS) is 17.4. The maximum Gasteiger partial charge on any atom is 0.431 e. The van der Waals surface area contributed by atoms with E-state index in [0.29, 0.717) is 0 Å². The van der Waals surface area contributed by atoms with Crippen LogP contribution in [0.5, 0.6) is 0 Å². The van der Waals surface area contributed by atoms with Gasteiger partial charge in [0.2, 0.25) is 5.91 Å². The first-order chi connectivity index (χ1) is 9.93. The maximum absolute atomic E-state index is 12.9. The van der Waals surface area contributed by atoms with Gasteiger partial charge in [0.05, 0.1) is 6.54 Å². The van der Waals surface area contributed by atoms with Gasteiger partial charge in [-0.05, 0) is 12.0 Å². The number of hydrogen-bond donors (Lipinski definition) is 2. The lowest BCUT2D eigenvalue weighted by Gasteiger charge is -2.27. The molecule has 0 saturated carbocycles. The summed E-state index contributed by atoms with van der Waals surface area (Å²) in [6.07, 6.45) is -13.7. The number of rotatable bonds is 1. The first kappa shape index (κ1) is 16.7. The fraction of sp³-hybridized carbons (Fsp3) is 0.583. The number of H-pyrrole nitrogens is 1. The van der Waals surface area contributed by atoms with Gasteiger partial charge in [-0.1, -0.05) is 0 Å². The van der Waals surface area contributed by atoms with E-state index in [9.17, 15) is 36.2 Å². The monoisotopic (exact) mass is 330 g/mol. The molecule has 124 valence electrons. The van der Waals surface area contributed by atoms with Crippen molar-refractivity contribution in [2.75, 3.05) is 6.54 Å². The quantitative estimate of drug-likeness (QED) is 0.778. The van der Waals surface area contributed by atoms with Crippen molar-refractivity contribution < 1.29 is 36.2 Å². The number of hydrogen-bond acceptors (Lipinski definition) is 2. The minimum Gasteiger partial charge on any atom is -0.379 e. The smallest absolute Gasteiger partial charge is 0.379 e. The molecular formula is C12H12F6N2O2. The van der Waals surface area contributed by atoms with E-state index in [-0.39, 0.29) is 30.8 Å². The van der Waals surface area contributed by atoms with Gasteiger partial charge >= 0.3 is 12.4 Å². The van der Waals surface area contributed by atoms with Crippen molar-refractivity contribution in [3.05, 3.63) is 22.5 Å². The molecule has 1 aliphatic rings. The van der Waals surface area contributed by atoms with Crippen LogP contribution in [0, 0.1) is 0 Å². The van der Waals surface area contributed by atoms with Gasteiger partial charge in [-0.25, -0.2) is 0 Å². The molecule has 1 aliphatic heterocycles. The van der Waals surface area contributed by atoms with Crippen molar-refractivity contribution in [2.24, 2.45) is 0 Å². The van der Waals surface area contributed by atoms with Gasteiger partial charge in [-0.15, -0.1) is 0 Å². The first-order valence-electron chi connectivity index (χ1n) is 6.24. The molecule has 1 amide bonds. The molecule has 2 N–H and O–H groups in total. The summed E-state index contributed by atoms with van der Waals surface area (Å²) in [7, 11) is 0. The van der Waals surface area contributed by atoms with Gasteiger partial charge in [0.15, 0.2) is 6.10 Å². The summed E-state index contributed by atoms with van der Waals surface area (Å²) in [5.74, 6) is -0.397. The molecule has 0 bridgehead atoms.